The van der Waals surface area contributed by atoms with Crippen molar-refractivity contribution >= 4 is 5.91 Å². The summed E-state index contributed by atoms with van der Waals surface area (Å²) in [5.41, 5.74) is 0.791. The van der Waals surface area contributed by atoms with Crippen molar-refractivity contribution in [2.75, 3.05) is 26.2 Å². The standard InChI is InChI=1S/C19H28N2O3/c1-15(24-18-8-4-6-16(12-18)14-22)19(23)21-11-5-7-17(13-21)20-9-2-3-10-20/h4,6,8,12,15,17,22H,2-3,5,7,9-11,13-14H2,1H3. The summed E-state index contributed by atoms with van der Waals surface area (Å²) in [6.07, 6.45) is 4.32. The number of amides is 1. The Bertz CT molecular complexity index is 557. The van der Waals surface area contributed by atoms with E-state index in [0.29, 0.717) is 11.8 Å². The van der Waals surface area contributed by atoms with Gasteiger partial charge in [0.15, 0.2) is 6.10 Å². The monoisotopic (exact) mass is 332 g/mol. The van der Waals surface area contributed by atoms with Crippen LogP contribution >= 0.6 is 0 Å². The Balaban J connectivity index is 1.57. The predicted molar refractivity (Wildman–Crippen MR) is 92.9 cm³/mol. The maximum atomic E-state index is 12.8. The molecule has 1 amide bonds. The molecule has 2 atom stereocenters. The van der Waals surface area contributed by atoms with Crippen LogP contribution in [0.2, 0.25) is 0 Å². The van der Waals surface area contributed by atoms with Crippen LogP contribution in [-0.4, -0.2) is 59.1 Å². The van der Waals surface area contributed by atoms with Gasteiger partial charge in [0, 0.05) is 19.1 Å². The molecule has 24 heavy (non-hydrogen) atoms. The Kier molecular flexibility index (Phi) is 5.74. The maximum Gasteiger partial charge on any atom is 0.263 e. The molecule has 1 aromatic rings. The molecule has 0 aliphatic carbocycles. The van der Waals surface area contributed by atoms with Gasteiger partial charge in [-0.1, -0.05) is 12.1 Å². The van der Waals surface area contributed by atoms with E-state index in [1.807, 2.05) is 30.0 Å². The molecule has 0 aromatic heterocycles. The fourth-order valence-electron chi connectivity index (χ4n) is 3.79. The quantitative estimate of drug-likeness (QED) is 0.896. The van der Waals surface area contributed by atoms with Gasteiger partial charge in [0.25, 0.3) is 5.91 Å². The van der Waals surface area contributed by atoms with Gasteiger partial charge < -0.3 is 14.7 Å². The van der Waals surface area contributed by atoms with Crippen LogP contribution in [-0.2, 0) is 11.4 Å². The van der Waals surface area contributed by atoms with E-state index < -0.39 is 6.10 Å². The van der Waals surface area contributed by atoms with E-state index in [4.69, 9.17) is 4.74 Å². The third kappa shape index (κ3) is 4.08. The molecule has 1 aromatic carbocycles. The molecule has 2 aliphatic rings. The molecule has 0 spiro atoms. The van der Waals surface area contributed by atoms with E-state index >= 15 is 0 Å². The van der Waals surface area contributed by atoms with Crippen molar-refractivity contribution in [1.29, 1.82) is 0 Å². The summed E-state index contributed by atoms with van der Waals surface area (Å²) < 4.78 is 5.82. The van der Waals surface area contributed by atoms with Crippen molar-refractivity contribution in [3.05, 3.63) is 29.8 Å². The van der Waals surface area contributed by atoms with Crippen LogP contribution in [0.5, 0.6) is 5.75 Å². The Morgan fingerprint density at radius 3 is 2.83 bits per heavy atom. The molecule has 0 bridgehead atoms. The summed E-state index contributed by atoms with van der Waals surface area (Å²) in [5.74, 6) is 0.698. The number of benzene rings is 1. The topological polar surface area (TPSA) is 53.0 Å². The fourth-order valence-corrected chi connectivity index (χ4v) is 3.79. The lowest BCUT2D eigenvalue weighted by Crippen LogP contribution is -2.51. The lowest BCUT2D eigenvalue weighted by molar-refractivity contribution is -0.140. The van der Waals surface area contributed by atoms with E-state index in [0.717, 1.165) is 25.1 Å². The summed E-state index contributed by atoms with van der Waals surface area (Å²) in [6, 6.07) is 7.79. The van der Waals surface area contributed by atoms with Crippen LogP contribution in [0.25, 0.3) is 0 Å². The molecule has 2 saturated heterocycles. The Labute approximate surface area is 144 Å². The molecule has 0 radical (unpaired) electrons. The Hall–Kier alpha value is -1.59. The average molecular weight is 332 g/mol. The summed E-state index contributed by atoms with van der Waals surface area (Å²) in [5, 5.41) is 9.21. The zero-order valence-electron chi connectivity index (χ0n) is 14.5. The lowest BCUT2D eigenvalue weighted by atomic mass is 10.0. The van der Waals surface area contributed by atoms with Gasteiger partial charge in [-0.05, 0) is 63.4 Å². The number of hydrogen-bond acceptors (Lipinski definition) is 4. The molecule has 132 valence electrons. The van der Waals surface area contributed by atoms with E-state index in [-0.39, 0.29) is 12.5 Å². The van der Waals surface area contributed by atoms with Crippen molar-refractivity contribution in [3.63, 3.8) is 0 Å². The first-order valence-electron chi connectivity index (χ1n) is 9.06. The van der Waals surface area contributed by atoms with Crippen molar-refractivity contribution in [3.8, 4) is 5.75 Å². The van der Waals surface area contributed by atoms with Crippen molar-refractivity contribution in [1.82, 2.24) is 9.80 Å². The highest BCUT2D eigenvalue weighted by molar-refractivity contribution is 5.81. The smallest absolute Gasteiger partial charge is 0.263 e. The van der Waals surface area contributed by atoms with Gasteiger partial charge in [-0.25, -0.2) is 0 Å². The fraction of sp³-hybridized carbons (Fsp3) is 0.632. The molecular formula is C19H28N2O3. The zero-order valence-corrected chi connectivity index (χ0v) is 14.5. The first-order chi connectivity index (χ1) is 11.7. The first-order valence-corrected chi connectivity index (χ1v) is 9.06. The zero-order chi connectivity index (χ0) is 16.9. The van der Waals surface area contributed by atoms with Gasteiger partial charge in [0.1, 0.15) is 5.75 Å². The van der Waals surface area contributed by atoms with Gasteiger partial charge in [0.2, 0.25) is 0 Å². The van der Waals surface area contributed by atoms with Gasteiger partial charge >= 0.3 is 0 Å². The first kappa shape index (κ1) is 17.2. The number of carbonyl (C=O) groups excluding carboxylic acids is 1. The van der Waals surface area contributed by atoms with Gasteiger partial charge in [-0.2, -0.15) is 0 Å². The summed E-state index contributed by atoms with van der Waals surface area (Å²) in [4.78, 5) is 17.3. The molecule has 2 unspecified atom stereocenters. The van der Waals surface area contributed by atoms with Crippen LogP contribution < -0.4 is 4.74 Å². The second kappa shape index (κ2) is 7.99. The molecule has 1 N–H and O–H groups in total. The molecule has 5 heteroatoms. The summed E-state index contributed by atoms with van der Waals surface area (Å²) >= 11 is 0. The SMILES string of the molecule is CC(Oc1cccc(CO)c1)C(=O)N1CCCC(N2CCCC2)C1. The normalized spacial score (nSPS) is 23.2. The van der Waals surface area contributed by atoms with Crippen molar-refractivity contribution < 1.29 is 14.6 Å². The number of likely N-dealkylation sites (tertiary alicyclic amines) is 2. The summed E-state index contributed by atoms with van der Waals surface area (Å²) in [7, 11) is 0. The minimum absolute atomic E-state index is 0.0246. The number of aliphatic hydroxyl groups is 1. The number of hydrogen-bond donors (Lipinski definition) is 1. The molecule has 2 aliphatic heterocycles. The van der Waals surface area contributed by atoms with E-state index in [9.17, 15) is 9.90 Å². The van der Waals surface area contributed by atoms with Crippen LogP contribution in [0.4, 0.5) is 0 Å². The third-order valence-corrected chi connectivity index (χ3v) is 5.11. The number of carbonyl (C=O) groups is 1. The Morgan fingerprint density at radius 1 is 1.29 bits per heavy atom. The predicted octanol–water partition coefficient (Wildman–Crippen LogP) is 2.03. The second-order valence-electron chi connectivity index (χ2n) is 6.89. The van der Waals surface area contributed by atoms with E-state index in [1.165, 1.54) is 32.4 Å². The number of piperidine rings is 1. The molecule has 2 fully saturated rings. The molecule has 2 heterocycles. The molecular weight excluding hydrogens is 304 g/mol. The summed E-state index contributed by atoms with van der Waals surface area (Å²) in [6.45, 7) is 5.78. The van der Waals surface area contributed by atoms with Crippen molar-refractivity contribution in [2.24, 2.45) is 0 Å². The van der Waals surface area contributed by atoms with Crippen LogP contribution in [0.1, 0.15) is 38.2 Å². The third-order valence-electron chi connectivity index (χ3n) is 5.11. The highest BCUT2D eigenvalue weighted by Gasteiger charge is 2.31. The minimum atomic E-state index is -0.503. The number of rotatable bonds is 5. The maximum absolute atomic E-state index is 12.8. The van der Waals surface area contributed by atoms with Crippen molar-refractivity contribution in [2.45, 2.75) is 51.4 Å². The lowest BCUT2D eigenvalue weighted by Gasteiger charge is -2.38. The highest BCUT2D eigenvalue weighted by Crippen LogP contribution is 2.22. The van der Waals surface area contributed by atoms with Gasteiger partial charge in [-0.15, -0.1) is 0 Å². The van der Waals surface area contributed by atoms with Gasteiger partial charge in [0.05, 0.1) is 6.61 Å². The van der Waals surface area contributed by atoms with E-state index in [2.05, 4.69) is 4.90 Å². The minimum Gasteiger partial charge on any atom is -0.481 e. The highest BCUT2D eigenvalue weighted by atomic mass is 16.5. The molecule has 3 rings (SSSR count). The average Bonchev–Trinajstić information content (AvgIpc) is 3.16. The van der Waals surface area contributed by atoms with Gasteiger partial charge in [-0.3, -0.25) is 9.69 Å². The van der Waals surface area contributed by atoms with Crippen LogP contribution in [0, 0.1) is 0 Å². The second-order valence-corrected chi connectivity index (χ2v) is 6.89. The Morgan fingerprint density at radius 2 is 2.08 bits per heavy atom. The largest absolute Gasteiger partial charge is 0.481 e. The number of nitrogens with zero attached hydrogens (tertiary/aromatic N) is 2. The van der Waals surface area contributed by atoms with Crippen LogP contribution in [0.15, 0.2) is 24.3 Å². The van der Waals surface area contributed by atoms with E-state index in [1.54, 1.807) is 6.07 Å². The number of ether oxygens (including phenoxy) is 1. The van der Waals surface area contributed by atoms with Crippen LogP contribution in [0.3, 0.4) is 0 Å². The number of aliphatic hydroxyl groups excluding tert-OH is 1. The molecule has 0 saturated carbocycles. The molecule has 5 nitrogen and oxygen atoms in total.